The maximum atomic E-state index is 8.61. The van der Waals surface area contributed by atoms with Crippen molar-refractivity contribution in [3.05, 3.63) is 12.2 Å². The van der Waals surface area contributed by atoms with E-state index in [0.717, 1.165) is 18.5 Å². The molecular formula is C8H15NO. The monoisotopic (exact) mass is 141 g/mol. The van der Waals surface area contributed by atoms with Gasteiger partial charge in [-0.15, -0.1) is 0 Å². The van der Waals surface area contributed by atoms with Crippen LogP contribution in [0.2, 0.25) is 0 Å². The van der Waals surface area contributed by atoms with E-state index in [9.17, 15) is 0 Å². The minimum atomic E-state index is 0.233. The van der Waals surface area contributed by atoms with Gasteiger partial charge < -0.3 is 10.4 Å². The summed E-state index contributed by atoms with van der Waals surface area (Å²) in [5.74, 6) is 0. The molecule has 0 aromatic heterocycles. The Kier molecular flexibility index (Phi) is 2.90. The van der Waals surface area contributed by atoms with Gasteiger partial charge in [0.25, 0.3) is 0 Å². The van der Waals surface area contributed by atoms with Gasteiger partial charge in [0.2, 0.25) is 0 Å². The van der Waals surface area contributed by atoms with E-state index >= 15 is 0 Å². The zero-order valence-electron chi connectivity index (χ0n) is 6.27. The second-order valence-electron chi connectivity index (χ2n) is 2.78. The smallest absolute Gasteiger partial charge is 0.0468 e. The molecule has 1 fully saturated rings. The largest absolute Gasteiger partial charge is 0.396 e. The molecule has 0 radical (unpaired) electrons. The number of aliphatic hydroxyl groups excluding tert-OH is 1. The van der Waals surface area contributed by atoms with Crippen LogP contribution in [0.5, 0.6) is 0 Å². The Morgan fingerprint density at radius 3 is 3.00 bits per heavy atom. The third-order valence-electron chi connectivity index (χ3n) is 1.99. The first-order valence-corrected chi connectivity index (χ1v) is 3.86. The van der Waals surface area contributed by atoms with Gasteiger partial charge in [0.15, 0.2) is 0 Å². The van der Waals surface area contributed by atoms with Crippen LogP contribution in [0.1, 0.15) is 19.3 Å². The fourth-order valence-corrected chi connectivity index (χ4v) is 1.35. The summed E-state index contributed by atoms with van der Waals surface area (Å²) in [6.07, 6.45) is 3.19. The zero-order chi connectivity index (χ0) is 7.40. The van der Waals surface area contributed by atoms with Crippen LogP contribution in [-0.2, 0) is 0 Å². The molecule has 2 nitrogen and oxygen atoms in total. The number of hydrogen-bond acceptors (Lipinski definition) is 2. The third kappa shape index (κ3) is 1.82. The lowest BCUT2D eigenvalue weighted by Crippen LogP contribution is -2.23. The molecule has 0 unspecified atom stereocenters. The van der Waals surface area contributed by atoms with Crippen LogP contribution in [0.4, 0.5) is 0 Å². The van der Waals surface area contributed by atoms with Crippen molar-refractivity contribution in [2.45, 2.75) is 25.3 Å². The molecule has 0 saturated carbocycles. The number of nitrogens with one attached hydrogen (secondary N) is 1. The highest BCUT2D eigenvalue weighted by Gasteiger charge is 2.15. The van der Waals surface area contributed by atoms with E-state index < -0.39 is 0 Å². The highest BCUT2D eigenvalue weighted by Crippen LogP contribution is 2.14. The average Bonchev–Trinajstić information content (AvgIpc) is 2.38. The fourth-order valence-electron chi connectivity index (χ4n) is 1.35. The van der Waals surface area contributed by atoms with Gasteiger partial charge in [-0.3, -0.25) is 0 Å². The summed E-state index contributed by atoms with van der Waals surface area (Å²) in [7, 11) is 0. The number of rotatable bonds is 3. The molecule has 1 saturated heterocycles. The van der Waals surface area contributed by atoms with Gasteiger partial charge >= 0.3 is 0 Å². The molecular weight excluding hydrogens is 126 g/mol. The van der Waals surface area contributed by atoms with Crippen LogP contribution in [0.15, 0.2) is 12.2 Å². The molecule has 0 aliphatic carbocycles. The van der Waals surface area contributed by atoms with Crippen LogP contribution in [0.3, 0.4) is 0 Å². The van der Waals surface area contributed by atoms with E-state index in [2.05, 4.69) is 11.9 Å². The van der Waals surface area contributed by atoms with Gasteiger partial charge in [0, 0.05) is 12.6 Å². The molecule has 0 aromatic rings. The van der Waals surface area contributed by atoms with Gasteiger partial charge in [0.1, 0.15) is 0 Å². The molecule has 10 heavy (non-hydrogen) atoms. The molecule has 0 spiro atoms. The maximum Gasteiger partial charge on any atom is 0.0468 e. The SMILES string of the molecule is C=C(CCO)[C@@H]1CCCN1. The van der Waals surface area contributed by atoms with E-state index in [1.807, 2.05) is 0 Å². The molecule has 1 aliphatic heterocycles. The Hall–Kier alpha value is -0.340. The van der Waals surface area contributed by atoms with Crippen LogP contribution in [-0.4, -0.2) is 24.3 Å². The van der Waals surface area contributed by atoms with Crippen molar-refractivity contribution in [2.24, 2.45) is 0 Å². The lowest BCUT2D eigenvalue weighted by Gasteiger charge is -2.11. The van der Waals surface area contributed by atoms with E-state index in [1.165, 1.54) is 12.8 Å². The van der Waals surface area contributed by atoms with Gasteiger partial charge in [-0.1, -0.05) is 12.2 Å². The second-order valence-corrected chi connectivity index (χ2v) is 2.78. The number of hydrogen-bond donors (Lipinski definition) is 2. The summed E-state index contributed by atoms with van der Waals surface area (Å²) in [5.41, 5.74) is 1.15. The first-order valence-electron chi connectivity index (χ1n) is 3.86. The molecule has 2 heteroatoms. The molecule has 1 aliphatic rings. The van der Waals surface area contributed by atoms with Gasteiger partial charge in [-0.05, 0) is 25.8 Å². The zero-order valence-corrected chi connectivity index (χ0v) is 6.27. The standard InChI is InChI=1S/C8H15NO/c1-7(4-6-10)8-3-2-5-9-8/h8-10H,1-6H2/t8-/m0/s1. The van der Waals surface area contributed by atoms with Crippen molar-refractivity contribution in [1.82, 2.24) is 5.32 Å². The minimum Gasteiger partial charge on any atom is -0.396 e. The topological polar surface area (TPSA) is 32.3 Å². The Morgan fingerprint density at radius 1 is 1.70 bits per heavy atom. The summed E-state index contributed by atoms with van der Waals surface area (Å²) in [4.78, 5) is 0. The van der Waals surface area contributed by atoms with Crippen LogP contribution >= 0.6 is 0 Å². The maximum absolute atomic E-state index is 8.61. The lowest BCUT2D eigenvalue weighted by molar-refractivity contribution is 0.296. The van der Waals surface area contributed by atoms with Crippen molar-refractivity contribution in [3.63, 3.8) is 0 Å². The van der Waals surface area contributed by atoms with Crippen LogP contribution in [0, 0.1) is 0 Å². The second kappa shape index (κ2) is 3.74. The molecule has 0 bridgehead atoms. The van der Waals surface area contributed by atoms with Crippen molar-refractivity contribution in [3.8, 4) is 0 Å². The summed E-state index contributed by atoms with van der Waals surface area (Å²) >= 11 is 0. The Morgan fingerprint density at radius 2 is 2.50 bits per heavy atom. The van der Waals surface area contributed by atoms with Crippen molar-refractivity contribution in [1.29, 1.82) is 0 Å². The molecule has 1 atom stereocenters. The number of aliphatic hydroxyl groups is 1. The van der Waals surface area contributed by atoms with Crippen LogP contribution in [0.25, 0.3) is 0 Å². The normalized spacial score (nSPS) is 25.1. The van der Waals surface area contributed by atoms with Crippen molar-refractivity contribution in [2.75, 3.05) is 13.2 Å². The minimum absolute atomic E-state index is 0.233. The van der Waals surface area contributed by atoms with E-state index in [-0.39, 0.29) is 6.61 Å². The van der Waals surface area contributed by atoms with Gasteiger partial charge in [-0.2, -0.15) is 0 Å². The lowest BCUT2D eigenvalue weighted by atomic mass is 10.1. The first kappa shape index (κ1) is 7.76. The van der Waals surface area contributed by atoms with Crippen LogP contribution < -0.4 is 5.32 Å². The van der Waals surface area contributed by atoms with Crippen molar-refractivity contribution >= 4 is 0 Å². The molecule has 0 amide bonds. The van der Waals surface area contributed by atoms with Crippen molar-refractivity contribution < 1.29 is 5.11 Å². The molecule has 2 N–H and O–H groups in total. The summed E-state index contributed by atoms with van der Waals surface area (Å²) in [6.45, 7) is 5.24. The van der Waals surface area contributed by atoms with Gasteiger partial charge in [-0.25, -0.2) is 0 Å². The quantitative estimate of drug-likeness (QED) is 0.566. The molecule has 58 valence electrons. The van der Waals surface area contributed by atoms with E-state index in [1.54, 1.807) is 0 Å². The Labute approximate surface area is 61.9 Å². The van der Waals surface area contributed by atoms with E-state index in [4.69, 9.17) is 5.11 Å². The predicted octanol–water partition coefficient (Wildman–Crippen LogP) is 0.677. The van der Waals surface area contributed by atoms with E-state index in [0.29, 0.717) is 6.04 Å². The van der Waals surface area contributed by atoms with Gasteiger partial charge in [0.05, 0.1) is 0 Å². The fraction of sp³-hybridized carbons (Fsp3) is 0.750. The Balaban J connectivity index is 2.25. The predicted molar refractivity (Wildman–Crippen MR) is 41.9 cm³/mol. The molecule has 1 rings (SSSR count). The molecule has 1 heterocycles. The molecule has 0 aromatic carbocycles. The highest BCUT2D eigenvalue weighted by atomic mass is 16.2. The Bertz CT molecular complexity index is 116. The average molecular weight is 141 g/mol. The first-order chi connectivity index (χ1) is 4.84. The summed E-state index contributed by atoms with van der Waals surface area (Å²) < 4.78 is 0. The highest BCUT2D eigenvalue weighted by molar-refractivity contribution is 5.07. The third-order valence-corrected chi connectivity index (χ3v) is 1.99. The summed E-state index contributed by atoms with van der Waals surface area (Å²) in [6, 6.07) is 0.479. The summed E-state index contributed by atoms with van der Waals surface area (Å²) in [5, 5.41) is 11.9.